The number of amides is 1. The number of piperidine rings is 1. The standard InChI is InChI=1S/C40H51N3O8Si/c1-28(27-51-52(30-17-9-6-10-18-30,31-19-11-7-12-20-31)32-21-13-8-14-22-32)25-34(48-3)38(45)35(49-4)26-29(2)37(44)36(42-41)39(46)43-24-16-15-23-33(43)40(47)50-5/h6-14,17-22,28-29,33-35,38,45H,15-16,23-27H2,1-5H3/t28-,29-,33+,34+,35+,38-/m1/s1. The quantitative estimate of drug-likeness (QED) is 0.0400. The molecule has 3 aromatic rings. The average Bonchev–Trinajstić information content (AvgIpc) is 3.19. The van der Waals surface area contributed by atoms with Gasteiger partial charge >= 0.3 is 17.6 Å². The maximum Gasteiger partial charge on any atom is 0.422 e. The Bertz CT molecular complexity index is 1560. The monoisotopic (exact) mass is 729 g/mol. The molecule has 12 heteroatoms. The van der Waals surface area contributed by atoms with Crippen LogP contribution in [0.15, 0.2) is 91.0 Å². The first-order valence-electron chi connectivity index (χ1n) is 17.8. The van der Waals surface area contributed by atoms with E-state index < -0.39 is 62.0 Å². The third kappa shape index (κ3) is 9.38. The molecule has 1 aliphatic heterocycles. The fraction of sp³-hybridized carbons (Fsp3) is 0.450. The van der Waals surface area contributed by atoms with E-state index in [4.69, 9.17) is 18.6 Å². The molecule has 0 radical (unpaired) electrons. The highest BCUT2D eigenvalue weighted by Crippen LogP contribution is 2.24. The van der Waals surface area contributed by atoms with E-state index in [0.29, 0.717) is 32.3 Å². The summed E-state index contributed by atoms with van der Waals surface area (Å²) in [6.45, 7) is 4.23. The Hall–Kier alpha value is -4.29. The lowest BCUT2D eigenvalue weighted by atomic mass is 9.89. The Labute approximate surface area is 307 Å². The average molecular weight is 730 g/mol. The Morgan fingerprint density at radius 1 is 0.827 bits per heavy atom. The van der Waals surface area contributed by atoms with Crippen LogP contribution in [0.3, 0.4) is 0 Å². The third-order valence-corrected chi connectivity index (χ3v) is 14.0. The Morgan fingerprint density at radius 3 is 1.79 bits per heavy atom. The maximum absolute atomic E-state index is 13.5. The number of carbonyl (C=O) groups excluding carboxylic acids is 3. The number of likely N-dealkylation sites (tertiary alicyclic amines) is 1. The van der Waals surface area contributed by atoms with Gasteiger partial charge in [-0.3, -0.25) is 9.59 Å². The number of nitrogens with zero attached hydrogens (tertiary/aromatic N) is 3. The largest absolute Gasteiger partial charge is 0.467 e. The molecule has 0 aliphatic carbocycles. The number of ketones is 1. The lowest BCUT2D eigenvalue weighted by Gasteiger charge is -2.35. The van der Waals surface area contributed by atoms with Crippen LogP contribution in [0.4, 0.5) is 0 Å². The van der Waals surface area contributed by atoms with E-state index >= 15 is 0 Å². The zero-order valence-corrected chi connectivity index (χ0v) is 31.7. The van der Waals surface area contributed by atoms with Crippen LogP contribution in [0.1, 0.15) is 46.0 Å². The van der Waals surface area contributed by atoms with Gasteiger partial charge in [0.15, 0.2) is 0 Å². The normalized spacial score (nSPS) is 17.6. The smallest absolute Gasteiger partial charge is 0.422 e. The van der Waals surface area contributed by atoms with Crippen LogP contribution in [-0.4, -0.2) is 105 Å². The molecule has 11 nitrogen and oxygen atoms in total. The summed E-state index contributed by atoms with van der Waals surface area (Å²) in [7, 11) is 1.25. The molecule has 1 saturated heterocycles. The third-order valence-electron chi connectivity index (χ3n) is 9.93. The highest BCUT2D eigenvalue weighted by molar-refractivity contribution is 7.07. The second-order valence-corrected chi connectivity index (χ2v) is 16.8. The second-order valence-electron chi connectivity index (χ2n) is 13.5. The van der Waals surface area contributed by atoms with Gasteiger partial charge < -0.3 is 34.2 Å². The molecule has 0 spiro atoms. The lowest BCUT2D eigenvalue weighted by Crippen LogP contribution is -2.69. The van der Waals surface area contributed by atoms with Gasteiger partial charge in [-0.15, -0.1) is 0 Å². The fourth-order valence-electron chi connectivity index (χ4n) is 7.07. The van der Waals surface area contributed by atoms with Gasteiger partial charge in [0.05, 0.1) is 19.3 Å². The molecule has 1 amide bonds. The molecule has 1 heterocycles. The Kier molecular flexibility index (Phi) is 15.2. The van der Waals surface area contributed by atoms with E-state index in [0.717, 1.165) is 15.6 Å². The van der Waals surface area contributed by atoms with E-state index in [2.05, 4.69) is 41.2 Å². The highest BCUT2D eigenvalue weighted by atomic mass is 28.4. The zero-order valence-electron chi connectivity index (χ0n) is 30.7. The molecular weight excluding hydrogens is 679 g/mol. The summed E-state index contributed by atoms with van der Waals surface area (Å²) >= 11 is 0. The van der Waals surface area contributed by atoms with Gasteiger partial charge in [-0.1, -0.05) is 105 Å². The molecule has 1 fully saturated rings. The number of Topliss-reactive ketones (excluding diaryl/α,β-unsaturated/α-hetero) is 1. The van der Waals surface area contributed by atoms with Crippen molar-refractivity contribution in [3.05, 3.63) is 96.5 Å². The maximum atomic E-state index is 13.5. The van der Waals surface area contributed by atoms with Crippen molar-refractivity contribution in [2.24, 2.45) is 11.8 Å². The second kappa shape index (κ2) is 19.5. The number of hydrogen-bond acceptors (Lipinski definition) is 8. The summed E-state index contributed by atoms with van der Waals surface area (Å²) in [5, 5.41) is 14.9. The van der Waals surface area contributed by atoms with E-state index in [-0.39, 0.29) is 18.9 Å². The summed E-state index contributed by atoms with van der Waals surface area (Å²) in [5.74, 6) is -3.09. The van der Waals surface area contributed by atoms with Gasteiger partial charge in [0.25, 0.3) is 14.1 Å². The molecular formula is C40H51N3O8Si. The first-order valence-corrected chi connectivity index (χ1v) is 19.7. The van der Waals surface area contributed by atoms with Gasteiger partial charge in [-0.25, -0.2) is 4.79 Å². The number of rotatable bonds is 18. The molecule has 0 saturated carbocycles. The van der Waals surface area contributed by atoms with Crippen molar-refractivity contribution in [1.29, 1.82) is 0 Å². The van der Waals surface area contributed by atoms with Gasteiger partial charge in [0.1, 0.15) is 12.1 Å². The number of benzene rings is 3. The molecule has 278 valence electrons. The zero-order chi connectivity index (χ0) is 37.7. The Morgan fingerprint density at radius 2 is 1.33 bits per heavy atom. The van der Waals surface area contributed by atoms with Crippen LogP contribution in [0.25, 0.3) is 5.53 Å². The van der Waals surface area contributed by atoms with E-state index in [1.807, 2.05) is 61.5 Å². The minimum atomic E-state index is -2.94. The van der Waals surface area contributed by atoms with Crippen LogP contribution in [-0.2, 0) is 33.0 Å². The molecule has 1 aliphatic rings. The summed E-state index contributed by atoms with van der Waals surface area (Å²) in [6.07, 6.45) is -0.486. The number of methoxy groups -OCH3 is 3. The van der Waals surface area contributed by atoms with Gasteiger partial charge in [0.2, 0.25) is 0 Å². The van der Waals surface area contributed by atoms with Crippen molar-refractivity contribution in [1.82, 2.24) is 4.90 Å². The fourth-order valence-corrected chi connectivity index (χ4v) is 11.1. The summed E-state index contributed by atoms with van der Waals surface area (Å²) < 4.78 is 23.4. The lowest BCUT2D eigenvalue weighted by molar-refractivity contribution is -0.154. The van der Waals surface area contributed by atoms with Crippen LogP contribution >= 0.6 is 0 Å². The SMILES string of the molecule is COC(=O)[C@@H]1CCCCN1C(=O)C(=[N+]=[N-])C(=O)[C@H](C)C[C@H](OC)[C@H](O)[C@H](C[C@@H](C)CO[Si](c1ccccc1)(c1ccccc1)c1ccccc1)OC. The minimum Gasteiger partial charge on any atom is -0.467 e. The summed E-state index contributed by atoms with van der Waals surface area (Å²) in [4.78, 5) is 43.5. The first-order chi connectivity index (χ1) is 25.1. The Balaban J connectivity index is 1.47. The topological polar surface area (TPSA) is 148 Å². The predicted molar refractivity (Wildman–Crippen MR) is 200 cm³/mol. The molecule has 3 aromatic carbocycles. The molecule has 0 bridgehead atoms. The number of ether oxygens (including phenoxy) is 3. The van der Waals surface area contributed by atoms with Crippen LogP contribution < -0.4 is 15.6 Å². The van der Waals surface area contributed by atoms with Crippen LogP contribution in [0.2, 0.25) is 0 Å². The van der Waals surface area contributed by atoms with Crippen molar-refractivity contribution in [3.8, 4) is 0 Å². The highest BCUT2D eigenvalue weighted by Gasteiger charge is 2.44. The van der Waals surface area contributed by atoms with Gasteiger partial charge in [-0.05, 0) is 53.6 Å². The molecule has 1 N–H and O–H groups in total. The number of hydrogen-bond donors (Lipinski definition) is 1. The van der Waals surface area contributed by atoms with Crippen molar-refractivity contribution in [3.63, 3.8) is 0 Å². The minimum absolute atomic E-state index is 0.0139. The molecule has 6 atom stereocenters. The van der Waals surface area contributed by atoms with Crippen molar-refractivity contribution >= 4 is 47.2 Å². The van der Waals surface area contributed by atoms with E-state index in [1.165, 1.54) is 26.2 Å². The van der Waals surface area contributed by atoms with Crippen molar-refractivity contribution in [2.45, 2.75) is 70.3 Å². The molecule has 0 aromatic heterocycles. The molecule has 4 rings (SSSR count). The molecule has 52 heavy (non-hydrogen) atoms. The number of aliphatic hydroxyl groups is 1. The summed E-state index contributed by atoms with van der Waals surface area (Å²) in [5.41, 5.74) is 9.10. The number of esters is 1. The van der Waals surface area contributed by atoms with Gasteiger partial charge in [-0.2, -0.15) is 4.79 Å². The predicted octanol–water partition coefficient (Wildman–Crippen LogP) is 2.91. The van der Waals surface area contributed by atoms with E-state index in [1.54, 1.807) is 6.92 Å². The van der Waals surface area contributed by atoms with Crippen molar-refractivity contribution < 1.29 is 42.9 Å². The van der Waals surface area contributed by atoms with E-state index in [9.17, 15) is 25.0 Å². The number of aliphatic hydroxyl groups excluding tert-OH is 1. The van der Waals surface area contributed by atoms with Crippen LogP contribution in [0, 0.1) is 11.8 Å². The first kappa shape index (κ1) is 40.5. The van der Waals surface area contributed by atoms with Crippen LogP contribution in [0.5, 0.6) is 0 Å². The molecule has 0 unspecified atom stereocenters. The summed E-state index contributed by atoms with van der Waals surface area (Å²) in [6, 6.07) is 30.0. The van der Waals surface area contributed by atoms with Gasteiger partial charge in [0, 0.05) is 33.3 Å². The number of carbonyl (C=O) groups is 3. The van der Waals surface area contributed by atoms with Crippen molar-refractivity contribution in [2.75, 3.05) is 34.5 Å².